The summed E-state index contributed by atoms with van der Waals surface area (Å²) in [5, 5.41) is 8.30. The summed E-state index contributed by atoms with van der Waals surface area (Å²) in [5.41, 5.74) is 3.42. The lowest BCUT2D eigenvalue weighted by Crippen LogP contribution is -2.46. The third kappa shape index (κ3) is 4.04. The lowest BCUT2D eigenvalue weighted by Gasteiger charge is -2.43. The van der Waals surface area contributed by atoms with Crippen molar-refractivity contribution in [1.29, 1.82) is 0 Å². The van der Waals surface area contributed by atoms with Crippen molar-refractivity contribution < 1.29 is 17.6 Å². The van der Waals surface area contributed by atoms with E-state index in [0.29, 0.717) is 30.6 Å². The number of nitrogens with zero attached hydrogens (tertiary/aromatic N) is 5. The molecule has 3 aromatic heterocycles. The quantitative estimate of drug-likeness (QED) is 0.307. The van der Waals surface area contributed by atoms with Gasteiger partial charge in [0.25, 0.3) is 0 Å². The number of hydrogen-bond acceptors (Lipinski definition) is 6. The number of allylic oxidation sites excluding steroid dienone is 1. The topological polar surface area (TPSA) is 99.7 Å². The monoisotopic (exact) mass is 557 g/mol. The molecule has 0 aliphatic heterocycles. The van der Waals surface area contributed by atoms with E-state index in [1.54, 1.807) is 52.2 Å². The Morgan fingerprint density at radius 2 is 1.90 bits per heavy atom. The lowest BCUT2D eigenvalue weighted by molar-refractivity contribution is 0.0796. The van der Waals surface area contributed by atoms with Crippen molar-refractivity contribution >= 4 is 21.7 Å². The Bertz CT molecular complexity index is 1790. The van der Waals surface area contributed by atoms with E-state index < -0.39 is 20.5 Å². The van der Waals surface area contributed by atoms with Gasteiger partial charge in [-0.3, -0.25) is 14.5 Å². The van der Waals surface area contributed by atoms with E-state index >= 15 is 0 Å². The van der Waals surface area contributed by atoms with Gasteiger partial charge in [-0.25, -0.2) is 17.5 Å². The van der Waals surface area contributed by atoms with Gasteiger partial charge in [-0.15, -0.1) is 0 Å². The van der Waals surface area contributed by atoms with Crippen molar-refractivity contribution in [3.63, 3.8) is 0 Å². The molecule has 3 aliphatic rings. The number of fused-ring (bicyclic) bond motifs is 2. The van der Waals surface area contributed by atoms with E-state index in [4.69, 9.17) is 0 Å². The van der Waals surface area contributed by atoms with Gasteiger partial charge in [-0.2, -0.15) is 10.2 Å². The molecule has 7 rings (SSSR count). The minimum atomic E-state index is -3.77. The van der Waals surface area contributed by atoms with Gasteiger partial charge in [0.05, 0.1) is 34.3 Å². The second-order valence-electron chi connectivity index (χ2n) is 11.2. The molecule has 8 nitrogen and oxygen atoms in total. The number of carbonyl (C=O) groups is 1. The third-order valence-electron chi connectivity index (χ3n) is 8.50. The van der Waals surface area contributed by atoms with Crippen molar-refractivity contribution in [2.75, 3.05) is 0 Å². The summed E-state index contributed by atoms with van der Waals surface area (Å²) in [6, 6.07) is 11.6. The number of aryl methyl sites for hydroxylation is 1. The second-order valence-corrected chi connectivity index (χ2v) is 13.4. The maximum Gasteiger partial charge on any atom is 0.200 e. The van der Waals surface area contributed by atoms with E-state index in [1.165, 1.54) is 12.1 Å². The number of Topliss-reactive ketones (excluding diaryl/α,β-unsaturated/α-hetero) is 1. The van der Waals surface area contributed by atoms with Crippen LogP contribution < -0.4 is 0 Å². The molecule has 2 atom stereocenters. The number of carbonyl (C=O) groups excluding carboxylic acids is 1. The Kier molecular flexibility index (Phi) is 5.68. The molecule has 10 heteroatoms. The Morgan fingerprint density at radius 1 is 1.10 bits per heavy atom. The predicted octanol–water partition coefficient (Wildman–Crippen LogP) is 5.08. The fraction of sp³-hybridized carbons (Fsp3) is 0.333. The standard InChI is InChI=1S/C30H28FN5O3S/c1-19-10-12-32-26(14-19)29(37)30-16-20-18-33-36(24-5-3-22(31)4-6-24)27(20)15-21(30)2-9-25(17-30)40(38,39)28-11-13-35(34-28)23-7-8-23/h3-6,10-15,18,23,25H,2,7-9,16-17H2,1H3/t25-,30-/m0/s1. The maximum atomic E-state index is 14.4. The summed E-state index contributed by atoms with van der Waals surface area (Å²) >= 11 is 0. The molecule has 40 heavy (non-hydrogen) atoms. The molecule has 3 heterocycles. The van der Waals surface area contributed by atoms with E-state index in [2.05, 4.69) is 15.2 Å². The highest BCUT2D eigenvalue weighted by molar-refractivity contribution is 7.92. The molecule has 4 aromatic rings. The largest absolute Gasteiger partial charge is 0.291 e. The minimum absolute atomic E-state index is 0.0775. The van der Waals surface area contributed by atoms with Crippen molar-refractivity contribution in [2.45, 2.75) is 61.8 Å². The maximum absolute atomic E-state index is 14.4. The molecule has 1 aromatic carbocycles. The first kappa shape index (κ1) is 25.1. The van der Waals surface area contributed by atoms with Crippen LogP contribution in [-0.4, -0.2) is 44.0 Å². The van der Waals surface area contributed by atoms with Crippen LogP contribution in [0.5, 0.6) is 0 Å². The molecule has 0 amide bonds. The number of benzene rings is 1. The summed E-state index contributed by atoms with van der Waals surface area (Å²) < 4.78 is 44.8. The third-order valence-corrected chi connectivity index (χ3v) is 10.6. The van der Waals surface area contributed by atoms with Gasteiger partial charge in [0.2, 0.25) is 0 Å². The number of pyridine rings is 1. The zero-order valence-electron chi connectivity index (χ0n) is 22.0. The normalized spacial score (nSPS) is 22.4. The first-order valence-corrected chi connectivity index (χ1v) is 15.1. The van der Waals surface area contributed by atoms with Crippen LogP contribution in [0.3, 0.4) is 0 Å². The zero-order valence-corrected chi connectivity index (χ0v) is 22.8. The zero-order chi connectivity index (χ0) is 27.6. The van der Waals surface area contributed by atoms with Gasteiger partial charge < -0.3 is 0 Å². The number of ketones is 1. The van der Waals surface area contributed by atoms with Gasteiger partial charge in [0, 0.05) is 12.4 Å². The lowest BCUT2D eigenvalue weighted by atomic mass is 9.61. The van der Waals surface area contributed by atoms with E-state index in [0.717, 1.165) is 35.2 Å². The van der Waals surface area contributed by atoms with Crippen LogP contribution >= 0.6 is 0 Å². The molecule has 204 valence electrons. The summed E-state index contributed by atoms with van der Waals surface area (Å²) in [6.07, 6.45) is 10.4. The van der Waals surface area contributed by atoms with E-state index in [9.17, 15) is 17.6 Å². The van der Waals surface area contributed by atoms with Gasteiger partial charge in [0.15, 0.2) is 20.6 Å². The highest BCUT2D eigenvalue weighted by atomic mass is 32.2. The number of halogens is 1. The Labute approximate surface area is 231 Å². The number of hydrogen-bond donors (Lipinski definition) is 0. The molecule has 0 bridgehead atoms. The second kappa shape index (κ2) is 9.05. The fourth-order valence-corrected chi connectivity index (χ4v) is 7.94. The molecule has 0 radical (unpaired) electrons. The first-order valence-electron chi connectivity index (χ1n) is 13.5. The molecule has 0 spiro atoms. The van der Waals surface area contributed by atoms with Crippen LogP contribution in [0, 0.1) is 18.2 Å². The predicted molar refractivity (Wildman–Crippen MR) is 146 cm³/mol. The van der Waals surface area contributed by atoms with Crippen molar-refractivity contribution in [3.8, 4) is 5.69 Å². The number of sulfone groups is 1. The SMILES string of the molecule is Cc1ccnc(C(=O)[C@]23Cc4cnn(-c5ccc(F)cc5)c4C=C2CC[C@H](S(=O)(=O)c2ccn(C4CC4)n2)C3)c1. The van der Waals surface area contributed by atoms with Crippen molar-refractivity contribution in [3.05, 3.63) is 95.0 Å². The molecule has 0 saturated heterocycles. The van der Waals surface area contributed by atoms with Crippen LogP contribution in [-0.2, 0) is 16.3 Å². The molecular weight excluding hydrogens is 529 g/mol. The van der Waals surface area contributed by atoms with Gasteiger partial charge in [-0.05, 0) is 105 Å². The Hall–Kier alpha value is -3.92. The van der Waals surface area contributed by atoms with Gasteiger partial charge in [-0.1, -0.05) is 5.57 Å². The fourth-order valence-electron chi connectivity index (χ4n) is 6.21. The molecule has 2 fully saturated rings. The number of rotatable bonds is 6. The average molecular weight is 558 g/mol. The van der Waals surface area contributed by atoms with Crippen LogP contribution in [0.15, 0.2) is 71.7 Å². The van der Waals surface area contributed by atoms with Crippen molar-refractivity contribution in [1.82, 2.24) is 24.5 Å². The minimum Gasteiger partial charge on any atom is -0.291 e. The van der Waals surface area contributed by atoms with Crippen LogP contribution in [0.1, 0.15) is 65.5 Å². The van der Waals surface area contributed by atoms with E-state index in [1.807, 2.05) is 19.1 Å². The Morgan fingerprint density at radius 3 is 2.65 bits per heavy atom. The molecule has 3 aliphatic carbocycles. The van der Waals surface area contributed by atoms with Gasteiger partial charge >= 0.3 is 0 Å². The van der Waals surface area contributed by atoms with Crippen molar-refractivity contribution in [2.24, 2.45) is 5.41 Å². The molecular formula is C30H28FN5O3S. The summed E-state index contributed by atoms with van der Waals surface area (Å²) in [6.45, 7) is 1.91. The highest BCUT2D eigenvalue weighted by Crippen LogP contribution is 2.52. The highest BCUT2D eigenvalue weighted by Gasteiger charge is 2.52. The average Bonchev–Trinajstić information content (AvgIpc) is 3.53. The molecule has 0 unspecified atom stereocenters. The van der Waals surface area contributed by atoms with Gasteiger partial charge in [0.1, 0.15) is 11.5 Å². The first-order chi connectivity index (χ1) is 19.2. The van der Waals surface area contributed by atoms with Crippen LogP contribution in [0.4, 0.5) is 4.39 Å². The van der Waals surface area contributed by atoms with E-state index in [-0.39, 0.29) is 29.1 Å². The molecule has 2 saturated carbocycles. The molecule has 0 N–H and O–H groups in total. The summed E-state index contributed by atoms with van der Waals surface area (Å²) in [5.74, 6) is -0.508. The number of aromatic nitrogens is 5. The summed E-state index contributed by atoms with van der Waals surface area (Å²) in [7, 11) is -3.77. The van der Waals surface area contributed by atoms with Crippen LogP contribution in [0.25, 0.3) is 11.8 Å². The Balaban J connectivity index is 1.31. The smallest absolute Gasteiger partial charge is 0.200 e. The van der Waals surface area contributed by atoms with Crippen LogP contribution in [0.2, 0.25) is 0 Å². The summed E-state index contributed by atoms with van der Waals surface area (Å²) in [4.78, 5) is 18.8.